The Morgan fingerprint density at radius 2 is 1.88 bits per heavy atom. The van der Waals surface area contributed by atoms with Crippen LogP contribution in [0.15, 0.2) is 23.8 Å². The second-order valence-electron chi connectivity index (χ2n) is 5.18. The van der Waals surface area contributed by atoms with Crippen LogP contribution in [-0.4, -0.2) is 21.9 Å². The number of unbranched alkanes of at least 4 members (excludes halogenated alkanes) is 1. The molecule has 2 heteroatoms. The van der Waals surface area contributed by atoms with E-state index in [4.69, 9.17) is 0 Å². The molecular formula is C15H28O2. The van der Waals surface area contributed by atoms with E-state index in [-0.39, 0.29) is 6.10 Å². The van der Waals surface area contributed by atoms with Gasteiger partial charge in [0.1, 0.15) is 0 Å². The highest BCUT2D eigenvalue weighted by molar-refractivity contribution is 5.10. The summed E-state index contributed by atoms with van der Waals surface area (Å²) >= 11 is 0. The van der Waals surface area contributed by atoms with Crippen LogP contribution >= 0.6 is 0 Å². The highest BCUT2D eigenvalue weighted by Gasteiger charge is 2.13. The summed E-state index contributed by atoms with van der Waals surface area (Å²) in [6.07, 6.45) is 10.5. The Hall–Kier alpha value is -0.600. The van der Waals surface area contributed by atoms with Gasteiger partial charge in [-0.05, 0) is 65.4 Å². The molecule has 0 bridgehead atoms. The third kappa shape index (κ3) is 9.13. The van der Waals surface area contributed by atoms with Crippen LogP contribution in [0.1, 0.15) is 59.8 Å². The average molecular weight is 240 g/mol. The van der Waals surface area contributed by atoms with Crippen molar-refractivity contribution in [3.8, 4) is 0 Å². The van der Waals surface area contributed by atoms with Gasteiger partial charge in [0.25, 0.3) is 0 Å². The first-order valence-corrected chi connectivity index (χ1v) is 6.56. The number of hydrogen-bond acceptors (Lipinski definition) is 2. The third-order valence-corrected chi connectivity index (χ3v) is 3.06. The summed E-state index contributed by atoms with van der Waals surface area (Å²) in [5, 5.41) is 19.4. The van der Waals surface area contributed by atoms with Crippen molar-refractivity contribution in [3.05, 3.63) is 23.8 Å². The van der Waals surface area contributed by atoms with E-state index >= 15 is 0 Å². The van der Waals surface area contributed by atoms with Gasteiger partial charge in [-0.25, -0.2) is 0 Å². The lowest BCUT2D eigenvalue weighted by Gasteiger charge is -2.18. The quantitative estimate of drug-likeness (QED) is 0.503. The lowest BCUT2D eigenvalue weighted by atomic mass is 9.98. The molecule has 0 aliphatic carbocycles. The molecule has 0 rings (SSSR count). The van der Waals surface area contributed by atoms with E-state index in [0.717, 1.165) is 37.7 Å². The molecule has 17 heavy (non-hydrogen) atoms. The summed E-state index contributed by atoms with van der Waals surface area (Å²) in [5.74, 6) is 0. The Bertz CT molecular complexity index is 246. The van der Waals surface area contributed by atoms with Gasteiger partial charge in [-0.1, -0.05) is 18.2 Å². The number of aliphatic hydroxyl groups is 2. The van der Waals surface area contributed by atoms with E-state index < -0.39 is 5.60 Å². The first kappa shape index (κ1) is 16.4. The fraction of sp³-hybridized carbons (Fsp3) is 0.733. The molecule has 0 aromatic heterocycles. The maximum Gasteiger partial charge on any atom is 0.0798 e. The van der Waals surface area contributed by atoms with Gasteiger partial charge in [0, 0.05) is 0 Å². The molecule has 100 valence electrons. The fourth-order valence-corrected chi connectivity index (χ4v) is 1.52. The Kier molecular flexibility index (Phi) is 8.19. The monoisotopic (exact) mass is 240 g/mol. The molecule has 0 aromatic carbocycles. The van der Waals surface area contributed by atoms with E-state index in [0.29, 0.717) is 0 Å². The highest BCUT2D eigenvalue weighted by atomic mass is 16.3. The van der Waals surface area contributed by atoms with Gasteiger partial charge in [0.05, 0.1) is 11.7 Å². The van der Waals surface area contributed by atoms with Crippen LogP contribution in [0.4, 0.5) is 0 Å². The van der Waals surface area contributed by atoms with E-state index in [1.807, 2.05) is 19.9 Å². The van der Waals surface area contributed by atoms with Gasteiger partial charge in [-0.3, -0.25) is 0 Å². The van der Waals surface area contributed by atoms with Crippen molar-refractivity contribution in [1.29, 1.82) is 0 Å². The van der Waals surface area contributed by atoms with E-state index in [1.165, 1.54) is 0 Å². The zero-order chi connectivity index (χ0) is 13.3. The minimum absolute atomic E-state index is 0.193. The van der Waals surface area contributed by atoms with Crippen molar-refractivity contribution in [3.63, 3.8) is 0 Å². The molecule has 1 unspecified atom stereocenters. The van der Waals surface area contributed by atoms with Crippen molar-refractivity contribution >= 4 is 0 Å². The van der Waals surface area contributed by atoms with Crippen molar-refractivity contribution < 1.29 is 10.2 Å². The van der Waals surface area contributed by atoms with Crippen LogP contribution < -0.4 is 0 Å². The Labute approximate surface area is 106 Å². The third-order valence-electron chi connectivity index (χ3n) is 3.06. The molecule has 0 heterocycles. The SMILES string of the molecule is CC=CCCC(O)CCCC=C(C)C(C)(C)O. The van der Waals surface area contributed by atoms with Crippen molar-refractivity contribution in [2.24, 2.45) is 0 Å². The number of hydrogen-bond donors (Lipinski definition) is 2. The molecule has 0 spiro atoms. The minimum atomic E-state index is -0.718. The average Bonchev–Trinajstić information content (AvgIpc) is 2.23. The topological polar surface area (TPSA) is 40.5 Å². The first-order chi connectivity index (χ1) is 7.88. The predicted octanol–water partition coefficient (Wildman–Crippen LogP) is 3.59. The van der Waals surface area contributed by atoms with Gasteiger partial charge in [-0.2, -0.15) is 0 Å². The standard InChI is InChI=1S/C15H28O2/c1-5-6-7-11-14(16)12-9-8-10-13(2)15(3,4)17/h5-6,10,14,16-17H,7-9,11-12H2,1-4H3. The number of rotatable bonds is 8. The largest absolute Gasteiger partial charge is 0.393 e. The van der Waals surface area contributed by atoms with Gasteiger partial charge in [0.15, 0.2) is 0 Å². The van der Waals surface area contributed by atoms with Crippen LogP contribution in [0, 0.1) is 0 Å². The van der Waals surface area contributed by atoms with Crippen LogP contribution in [0.2, 0.25) is 0 Å². The second-order valence-corrected chi connectivity index (χ2v) is 5.18. The smallest absolute Gasteiger partial charge is 0.0798 e. The molecule has 0 saturated carbocycles. The predicted molar refractivity (Wildman–Crippen MR) is 74.0 cm³/mol. The van der Waals surface area contributed by atoms with Crippen molar-refractivity contribution in [1.82, 2.24) is 0 Å². The van der Waals surface area contributed by atoms with E-state index in [2.05, 4.69) is 12.2 Å². The van der Waals surface area contributed by atoms with Crippen LogP contribution in [0.5, 0.6) is 0 Å². The summed E-state index contributed by atoms with van der Waals surface area (Å²) in [6.45, 7) is 7.54. The van der Waals surface area contributed by atoms with Crippen LogP contribution in [0.25, 0.3) is 0 Å². The van der Waals surface area contributed by atoms with Crippen molar-refractivity contribution in [2.75, 3.05) is 0 Å². The summed E-state index contributed by atoms with van der Waals surface area (Å²) in [6, 6.07) is 0. The Balaban J connectivity index is 3.70. The zero-order valence-corrected chi connectivity index (χ0v) is 11.7. The van der Waals surface area contributed by atoms with Crippen LogP contribution in [0.3, 0.4) is 0 Å². The van der Waals surface area contributed by atoms with Crippen molar-refractivity contribution in [2.45, 2.75) is 71.5 Å². The molecule has 0 amide bonds. The summed E-state index contributed by atoms with van der Waals surface area (Å²) in [4.78, 5) is 0. The Morgan fingerprint density at radius 3 is 2.41 bits per heavy atom. The number of allylic oxidation sites excluding steroid dienone is 3. The van der Waals surface area contributed by atoms with Gasteiger partial charge in [-0.15, -0.1) is 0 Å². The van der Waals surface area contributed by atoms with E-state index in [9.17, 15) is 10.2 Å². The maximum absolute atomic E-state index is 9.71. The Morgan fingerprint density at radius 1 is 1.24 bits per heavy atom. The number of aliphatic hydroxyl groups excluding tert-OH is 1. The molecule has 0 saturated heterocycles. The normalized spacial score (nSPS) is 15.5. The lowest BCUT2D eigenvalue weighted by Crippen LogP contribution is -2.19. The fourth-order valence-electron chi connectivity index (χ4n) is 1.52. The molecule has 2 nitrogen and oxygen atoms in total. The maximum atomic E-state index is 9.71. The van der Waals surface area contributed by atoms with E-state index in [1.54, 1.807) is 13.8 Å². The van der Waals surface area contributed by atoms with Gasteiger partial charge in [0.2, 0.25) is 0 Å². The highest BCUT2D eigenvalue weighted by Crippen LogP contribution is 2.16. The molecular weight excluding hydrogens is 212 g/mol. The first-order valence-electron chi connectivity index (χ1n) is 6.56. The molecule has 0 aromatic rings. The molecule has 1 atom stereocenters. The lowest BCUT2D eigenvalue weighted by molar-refractivity contribution is 0.119. The molecule has 0 radical (unpaired) electrons. The second kappa shape index (κ2) is 8.48. The van der Waals surface area contributed by atoms with Gasteiger partial charge < -0.3 is 10.2 Å². The summed E-state index contributed by atoms with van der Waals surface area (Å²) in [7, 11) is 0. The summed E-state index contributed by atoms with van der Waals surface area (Å²) in [5.41, 5.74) is 0.283. The minimum Gasteiger partial charge on any atom is -0.393 e. The summed E-state index contributed by atoms with van der Waals surface area (Å²) < 4.78 is 0. The van der Waals surface area contributed by atoms with Gasteiger partial charge >= 0.3 is 0 Å². The molecule has 0 fully saturated rings. The molecule has 0 aliphatic rings. The zero-order valence-electron chi connectivity index (χ0n) is 11.7. The van der Waals surface area contributed by atoms with Crippen LogP contribution in [-0.2, 0) is 0 Å². The molecule has 2 N–H and O–H groups in total. The molecule has 0 aliphatic heterocycles.